The molecule has 0 fully saturated rings. The summed E-state index contributed by atoms with van der Waals surface area (Å²) in [6.07, 6.45) is 1.82. The van der Waals surface area contributed by atoms with Gasteiger partial charge in [0, 0.05) is 18.2 Å². The van der Waals surface area contributed by atoms with Crippen LogP contribution in [0, 0.1) is 27.7 Å². The standard InChI is InChI=1S/C16H22N2S/c1-10-7-11(2)13(4)15(12(10)3)8-16-18-14(5-6-17)9-19-16/h7,9H,5-6,8,17H2,1-4H3. The first-order valence-electron chi connectivity index (χ1n) is 6.72. The van der Waals surface area contributed by atoms with Crippen LogP contribution in [-0.2, 0) is 12.8 Å². The fourth-order valence-corrected chi connectivity index (χ4v) is 3.25. The second kappa shape index (κ2) is 5.85. The predicted octanol–water partition coefficient (Wildman–Crippen LogP) is 3.47. The van der Waals surface area contributed by atoms with Crippen LogP contribution in [0.3, 0.4) is 0 Å². The van der Waals surface area contributed by atoms with Crippen molar-refractivity contribution >= 4 is 11.3 Å². The van der Waals surface area contributed by atoms with Gasteiger partial charge in [-0.05, 0) is 62.1 Å². The predicted molar refractivity (Wildman–Crippen MR) is 83.1 cm³/mol. The summed E-state index contributed by atoms with van der Waals surface area (Å²) in [5.74, 6) is 0. The Labute approximate surface area is 119 Å². The highest BCUT2D eigenvalue weighted by Gasteiger charge is 2.11. The van der Waals surface area contributed by atoms with Crippen molar-refractivity contribution in [1.82, 2.24) is 4.98 Å². The number of benzene rings is 1. The lowest BCUT2D eigenvalue weighted by Crippen LogP contribution is -2.03. The third-order valence-electron chi connectivity index (χ3n) is 3.85. The van der Waals surface area contributed by atoms with Crippen LogP contribution in [0.4, 0.5) is 0 Å². The molecule has 0 bridgehead atoms. The van der Waals surface area contributed by atoms with Gasteiger partial charge in [-0.1, -0.05) is 6.07 Å². The largest absolute Gasteiger partial charge is 0.330 e. The van der Waals surface area contributed by atoms with Crippen molar-refractivity contribution in [2.24, 2.45) is 5.73 Å². The van der Waals surface area contributed by atoms with Gasteiger partial charge in [-0.15, -0.1) is 11.3 Å². The Bertz CT molecular complexity index is 558. The molecular weight excluding hydrogens is 252 g/mol. The van der Waals surface area contributed by atoms with Crippen LogP contribution in [0.25, 0.3) is 0 Å². The molecule has 2 N–H and O–H groups in total. The van der Waals surface area contributed by atoms with Crippen LogP contribution in [-0.4, -0.2) is 11.5 Å². The number of hydrogen-bond acceptors (Lipinski definition) is 3. The first kappa shape index (κ1) is 14.2. The quantitative estimate of drug-likeness (QED) is 0.927. The zero-order chi connectivity index (χ0) is 14.0. The molecule has 0 saturated carbocycles. The third-order valence-corrected chi connectivity index (χ3v) is 4.75. The molecule has 0 atom stereocenters. The zero-order valence-corrected chi connectivity index (χ0v) is 13.0. The topological polar surface area (TPSA) is 38.9 Å². The van der Waals surface area contributed by atoms with E-state index in [-0.39, 0.29) is 0 Å². The number of rotatable bonds is 4. The molecule has 1 heterocycles. The highest BCUT2D eigenvalue weighted by Crippen LogP contribution is 2.25. The van der Waals surface area contributed by atoms with E-state index in [9.17, 15) is 0 Å². The Kier molecular flexibility index (Phi) is 4.38. The van der Waals surface area contributed by atoms with Crippen molar-refractivity contribution in [1.29, 1.82) is 0 Å². The fourth-order valence-electron chi connectivity index (χ4n) is 2.41. The molecule has 0 radical (unpaired) electrons. The summed E-state index contributed by atoms with van der Waals surface area (Å²) in [4.78, 5) is 4.68. The van der Waals surface area contributed by atoms with Crippen LogP contribution in [0.1, 0.15) is 38.5 Å². The number of thiazole rings is 1. The van der Waals surface area contributed by atoms with Gasteiger partial charge in [-0.25, -0.2) is 4.98 Å². The summed E-state index contributed by atoms with van der Waals surface area (Å²) in [7, 11) is 0. The molecular formula is C16H22N2S. The minimum Gasteiger partial charge on any atom is -0.330 e. The lowest BCUT2D eigenvalue weighted by Gasteiger charge is -2.14. The number of aryl methyl sites for hydroxylation is 2. The summed E-state index contributed by atoms with van der Waals surface area (Å²) in [6, 6.07) is 2.27. The summed E-state index contributed by atoms with van der Waals surface area (Å²) >= 11 is 1.75. The van der Waals surface area contributed by atoms with Gasteiger partial charge in [-0.2, -0.15) is 0 Å². The molecule has 0 aliphatic carbocycles. The Balaban J connectivity index is 2.32. The van der Waals surface area contributed by atoms with Crippen molar-refractivity contribution in [3.8, 4) is 0 Å². The molecule has 0 saturated heterocycles. The molecule has 3 heteroatoms. The fraction of sp³-hybridized carbons (Fsp3) is 0.438. The molecule has 2 rings (SSSR count). The molecule has 2 aromatic rings. The Morgan fingerprint density at radius 2 is 1.74 bits per heavy atom. The van der Waals surface area contributed by atoms with Crippen LogP contribution in [0.5, 0.6) is 0 Å². The van der Waals surface area contributed by atoms with Crippen molar-refractivity contribution in [3.63, 3.8) is 0 Å². The lowest BCUT2D eigenvalue weighted by atomic mass is 9.92. The molecule has 0 aliphatic heterocycles. The van der Waals surface area contributed by atoms with Crippen LogP contribution in [0.15, 0.2) is 11.4 Å². The number of aromatic nitrogens is 1. The molecule has 0 unspecified atom stereocenters. The highest BCUT2D eigenvalue weighted by atomic mass is 32.1. The molecule has 19 heavy (non-hydrogen) atoms. The maximum absolute atomic E-state index is 5.57. The minimum atomic E-state index is 0.671. The van der Waals surface area contributed by atoms with Crippen molar-refractivity contribution in [3.05, 3.63) is 50.0 Å². The van der Waals surface area contributed by atoms with E-state index in [1.165, 1.54) is 32.8 Å². The van der Waals surface area contributed by atoms with Crippen LogP contribution in [0.2, 0.25) is 0 Å². The molecule has 102 valence electrons. The first-order valence-corrected chi connectivity index (χ1v) is 7.60. The summed E-state index contributed by atoms with van der Waals surface area (Å²) in [5.41, 5.74) is 13.7. The van der Waals surface area contributed by atoms with E-state index in [1.54, 1.807) is 11.3 Å². The zero-order valence-electron chi connectivity index (χ0n) is 12.2. The first-order chi connectivity index (χ1) is 9.02. The maximum Gasteiger partial charge on any atom is 0.0972 e. The van der Waals surface area contributed by atoms with Gasteiger partial charge in [0.15, 0.2) is 0 Å². The van der Waals surface area contributed by atoms with E-state index < -0.39 is 0 Å². The second-order valence-electron chi connectivity index (χ2n) is 5.19. The van der Waals surface area contributed by atoms with E-state index in [4.69, 9.17) is 5.73 Å². The number of nitrogens with two attached hydrogens (primary N) is 1. The van der Waals surface area contributed by atoms with Gasteiger partial charge >= 0.3 is 0 Å². The van der Waals surface area contributed by atoms with E-state index in [1.807, 2.05) is 0 Å². The summed E-state index contributed by atoms with van der Waals surface area (Å²) in [5, 5.41) is 3.33. The smallest absolute Gasteiger partial charge is 0.0972 e. The molecule has 0 aliphatic rings. The average molecular weight is 274 g/mol. The lowest BCUT2D eigenvalue weighted by molar-refractivity contribution is 0.920. The van der Waals surface area contributed by atoms with Gasteiger partial charge in [-0.3, -0.25) is 0 Å². The maximum atomic E-state index is 5.57. The van der Waals surface area contributed by atoms with Gasteiger partial charge < -0.3 is 5.73 Å². The van der Waals surface area contributed by atoms with Crippen molar-refractivity contribution in [2.45, 2.75) is 40.5 Å². The normalized spacial score (nSPS) is 11.0. The molecule has 0 spiro atoms. The van der Waals surface area contributed by atoms with E-state index >= 15 is 0 Å². The second-order valence-corrected chi connectivity index (χ2v) is 6.13. The number of nitrogens with zero attached hydrogens (tertiary/aromatic N) is 1. The van der Waals surface area contributed by atoms with E-state index in [0.717, 1.165) is 18.5 Å². The van der Waals surface area contributed by atoms with Gasteiger partial charge in [0.25, 0.3) is 0 Å². The number of hydrogen-bond donors (Lipinski definition) is 1. The average Bonchev–Trinajstić information content (AvgIpc) is 2.80. The van der Waals surface area contributed by atoms with E-state index in [2.05, 4.69) is 44.1 Å². The minimum absolute atomic E-state index is 0.671. The Morgan fingerprint density at radius 3 is 2.32 bits per heavy atom. The van der Waals surface area contributed by atoms with Crippen molar-refractivity contribution < 1.29 is 0 Å². The highest BCUT2D eigenvalue weighted by molar-refractivity contribution is 7.09. The van der Waals surface area contributed by atoms with Crippen molar-refractivity contribution in [2.75, 3.05) is 6.54 Å². The van der Waals surface area contributed by atoms with Gasteiger partial charge in [0.1, 0.15) is 0 Å². The van der Waals surface area contributed by atoms with Gasteiger partial charge in [0.2, 0.25) is 0 Å². The van der Waals surface area contributed by atoms with Gasteiger partial charge in [0.05, 0.1) is 10.7 Å². The summed E-state index contributed by atoms with van der Waals surface area (Å²) < 4.78 is 0. The third kappa shape index (κ3) is 3.04. The molecule has 2 nitrogen and oxygen atoms in total. The monoisotopic (exact) mass is 274 g/mol. The Hall–Kier alpha value is -1.19. The van der Waals surface area contributed by atoms with Crippen LogP contribution >= 0.6 is 11.3 Å². The SMILES string of the molecule is Cc1cc(C)c(C)c(Cc2nc(CCN)cs2)c1C. The Morgan fingerprint density at radius 1 is 1.11 bits per heavy atom. The molecule has 0 amide bonds. The summed E-state index contributed by atoms with van der Waals surface area (Å²) in [6.45, 7) is 9.47. The van der Waals surface area contributed by atoms with E-state index in [0.29, 0.717) is 6.54 Å². The van der Waals surface area contributed by atoms with Crippen LogP contribution < -0.4 is 5.73 Å². The molecule has 1 aromatic carbocycles. The molecule has 1 aromatic heterocycles.